The van der Waals surface area contributed by atoms with Crippen LogP contribution in [0.1, 0.15) is 73.9 Å². The molecule has 0 aromatic carbocycles. The molecule has 1 amide bonds. The molecule has 0 spiro atoms. The average molecular weight is 498 g/mol. The Bertz CT molecular complexity index is 923. The minimum atomic E-state index is -1.29. The van der Waals surface area contributed by atoms with Crippen LogP contribution in [-0.2, 0) is 28.6 Å². The zero-order chi connectivity index (χ0) is 25.7. The SMILES string of the molecule is CCOC(=O)/C(=N\OC1(C(=O)OCC(C)C)CC(C)(C)C1)c1csc(NC(=O)OC(C)(C)C)n1. The second kappa shape index (κ2) is 10.7. The first-order valence-electron chi connectivity index (χ1n) is 11.2. The van der Waals surface area contributed by atoms with E-state index in [1.165, 1.54) is 5.38 Å². The van der Waals surface area contributed by atoms with Crippen molar-refractivity contribution in [3.8, 4) is 0 Å². The second-order valence-electron chi connectivity index (χ2n) is 10.4. The van der Waals surface area contributed by atoms with Crippen LogP contribution in [0.3, 0.4) is 0 Å². The molecule has 0 radical (unpaired) electrons. The Labute approximate surface area is 204 Å². The van der Waals surface area contributed by atoms with Crippen molar-refractivity contribution >= 4 is 40.2 Å². The second-order valence-corrected chi connectivity index (χ2v) is 11.3. The predicted molar refractivity (Wildman–Crippen MR) is 128 cm³/mol. The molecule has 0 aliphatic heterocycles. The Morgan fingerprint density at radius 3 is 2.38 bits per heavy atom. The Balaban J connectivity index is 2.26. The van der Waals surface area contributed by atoms with E-state index in [0.717, 1.165) is 11.3 Å². The van der Waals surface area contributed by atoms with Crippen molar-refractivity contribution in [1.82, 2.24) is 4.98 Å². The highest BCUT2D eigenvalue weighted by atomic mass is 32.1. The van der Waals surface area contributed by atoms with Crippen LogP contribution in [0.15, 0.2) is 10.5 Å². The molecule has 1 aliphatic carbocycles. The molecule has 0 saturated heterocycles. The molecular weight excluding hydrogens is 462 g/mol. The lowest BCUT2D eigenvalue weighted by molar-refractivity contribution is -0.205. The summed E-state index contributed by atoms with van der Waals surface area (Å²) in [5, 5.41) is 8.27. The van der Waals surface area contributed by atoms with E-state index >= 15 is 0 Å². The van der Waals surface area contributed by atoms with E-state index in [9.17, 15) is 14.4 Å². The topological polar surface area (TPSA) is 125 Å². The van der Waals surface area contributed by atoms with E-state index in [1.807, 2.05) is 27.7 Å². The monoisotopic (exact) mass is 497 g/mol. The molecule has 10 nitrogen and oxygen atoms in total. The summed E-state index contributed by atoms with van der Waals surface area (Å²) < 4.78 is 15.7. The number of nitrogens with one attached hydrogen (secondary N) is 1. The van der Waals surface area contributed by atoms with Crippen LogP contribution in [0.25, 0.3) is 0 Å². The minimum Gasteiger partial charge on any atom is -0.462 e. The molecule has 11 heteroatoms. The molecule has 1 aromatic rings. The number of carbonyl (C=O) groups is 3. The van der Waals surface area contributed by atoms with Crippen molar-refractivity contribution in [2.75, 3.05) is 18.5 Å². The Hall–Kier alpha value is -2.69. The lowest BCUT2D eigenvalue weighted by Gasteiger charge is -2.48. The van der Waals surface area contributed by atoms with Crippen molar-refractivity contribution in [2.45, 2.75) is 79.4 Å². The molecule has 2 rings (SSSR count). The van der Waals surface area contributed by atoms with Crippen molar-refractivity contribution in [2.24, 2.45) is 16.5 Å². The van der Waals surface area contributed by atoms with Crippen LogP contribution >= 0.6 is 11.3 Å². The largest absolute Gasteiger partial charge is 0.462 e. The Morgan fingerprint density at radius 1 is 1.21 bits per heavy atom. The third-order valence-corrected chi connectivity index (χ3v) is 5.34. The minimum absolute atomic E-state index is 0.111. The fourth-order valence-electron chi connectivity index (χ4n) is 3.47. The van der Waals surface area contributed by atoms with Gasteiger partial charge in [-0.1, -0.05) is 32.9 Å². The summed E-state index contributed by atoms with van der Waals surface area (Å²) >= 11 is 1.08. The highest BCUT2D eigenvalue weighted by molar-refractivity contribution is 7.14. The van der Waals surface area contributed by atoms with Crippen LogP contribution < -0.4 is 5.32 Å². The number of amides is 1. The van der Waals surface area contributed by atoms with Crippen molar-refractivity contribution < 1.29 is 33.4 Å². The zero-order valence-electron chi connectivity index (χ0n) is 21.1. The van der Waals surface area contributed by atoms with Gasteiger partial charge in [-0.25, -0.2) is 19.4 Å². The molecule has 1 saturated carbocycles. The molecule has 1 heterocycles. The van der Waals surface area contributed by atoms with Gasteiger partial charge in [-0.3, -0.25) is 5.32 Å². The number of thiazole rings is 1. The summed E-state index contributed by atoms with van der Waals surface area (Å²) in [6.45, 7) is 15.1. The van der Waals surface area contributed by atoms with Crippen molar-refractivity contribution in [3.63, 3.8) is 0 Å². The van der Waals surface area contributed by atoms with E-state index in [2.05, 4.69) is 15.5 Å². The maximum atomic E-state index is 12.8. The normalized spacial score (nSPS) is 16.9. The van der Waals surface area contributed by atoms with Crippen LogP contribution in [0.2, 0.25) is 0 Å². The van der Waals surface area contributed by atoms with Gasteiger partial charge < -0.3 is 19.0 Å². The van der Waals surface area contributed by atoms with Gasteiger partial charge in [0.25, 0.3) is 0 Å². The number of anilines is 1. The van der Waals surface area contributed by atoms with E-state index in [1.54, 1.807) is 27.7 Å². The number of rotatable bonds is 9. The Morgan fingerprint density at radius 2 is 1.85 bits per heavy atom. The average Bonchev–Trinajstić information content (AvgIpc) is 3.10. The number of esters is 2. The molecule has 1 aromatic heterocycles. The van der Waals surface area contributed by atoms with Gasteiger partial charge in [0.05, 0.1) is 13.2 Å². The molecule has 0 bridgehead atoms. The fourth-order valence-corrected chi connectivity index (χ4v) is 4.15. The van der Waals surface area contributed by atoms with Gasteiger partial charge in [0, 0.05) is 18.2 Å². The van der Waals surface area contributed by atoms with E-state index in [-0.39, 0.29) is 41.1 Å². The van der Waals surface area contributed by atoms with Gasteiger partial charge in [0.15, 0.2) is 5.13 Å². The summed E-state index contributed by atoms with van der Waals surface area (Å²) in [5.41, 5.74) is -2.18. The smallest absolute Gasteiger partial charge is 0.413 e. The van der Waals surface area contributed by atoms with E-state index in [0.29, 0.717) is 12.8 Å². The number of oxime groups is 1. The summed E-state index contributed by atoms with van der Waals surface area (Å²) in [6, 6.07) is 0. The number of nitrogens with zero attached hydrogens (tertiary/aromatic N) is 2. The van der Waals surface area contributed by atoms with Crippen molar-refractivity contribution in [1.29, 1.82) is 0 Å². The van der Waals surface area contributed by atoms with Gasteiger partial charge in [-0.2, -0.15) is 0 Å². The Kier molecular flexibility index (Phi) is 8.68. The summed E-state index contributed by atoms with van der Waals surface area (Å²) in [6.07, 6.45) is 0.0979. The molecule has 190 valence electrons. The highest BCUT2D eigenvalue weighted by Crippen LogP contribution is 2.51. The lowest BCUT2D eigenvalue weighted by Crippen LogP contribution is -2.56. The molecular formula is C23H35N3O7S. The molecule has 0 atom stereocenters. The first-order valence-corrected chi connectivity index (χ1v) is 12.1. The molecule has 1 fully saturated rings. The number of ether oxygens (including phenoxy) is 3. The summed E-state index contributed by atoms with van der Waals surface area (Å²) in [5.74, 6) is -1.11. The van der Waals surface area contributed by atoms with Gasteiger partial charge in [0.1, 0.15) is 11.3 Å². The molecule has 1 N–H and O–H groups in total. The lowest BCUT2D eigenvalue weighted by atomic mass is 9.61. The molecule has 34 heavy (non-hydrogen) atoms. The standard InChI is InChI=1S/C23H35N3O7S/c1-9-30-17(27)16(15-11-34-19(24-15)25-20(29)32-21(4,5)6)26-33-23(12-22(7,8)13-23)18(28)31-10-14(2)3/h11,14H,9-10,12-13H2,1-8H3,(H,24,25,29)/b26-16-. The van der Waals surface area contributed by atoms with E-state index in [4.69, 9.17) is 19.0 Å². The van der Waals surface area contributed by atoms with Crippen LogP contribution in [-0.4, -0.2) is 53.1 Å². The van der Waals surface area contributed by atoms with Gasteiger partial charge in [0.2, 0.25) is 11.3 Å². The van der Waals surface area contributed by atoms with Crippen molar-refractivity contribution in [3.05, 3.63) is 11.1 Å². The zero-order valence-corrected chi connectivity index (χ0v) is 22.0. The number of hydrogen-bond acceptors (Lipinski definition) is 10. The maximum absolute atomic E-state index is 12.8. The van der Waals surface area contributed by atoms with Crippen LogP contribution in [0.5, 0.6) is 0 Å². The van der Waals surface area contributed by atoms with Gasteiger partial charge >= 0.3 is 18.0 Å². The third kappa shape index (κ3) is 7.68. The summed E-state index contributed by atoms with van der Waals surface area (Å²) in [4.78, 5) is 47.4. The molecule has 0 unspecified atom stereocenters. The maximum Gasteiger partial charge on any atom is 0.413 e. The quantitative estimate of drug-likeness (QED) is 0.228. The van der Waals surface area contributed by atoms with Crippen LogP contribution in [0, 0.1) is 11.3 Å². The first-order chi connectivity index (χ1) is 15.7. The molecule has 1 aliphatic rings. The number of aromatic nitrogens is 1. The predicted octanol–water partition coefficient (Wildman–Crippen LogP) is 4.53. The van der Waals surface area contributed by atoms with Gasteiger partial charge in [-0.15, -0.1) is 11.3 Å². The van der Waals surface area contributed by atoms with Gasteiger partial charge in [-0.05, 0) is 39.0 Å². The summed E-state index contributed by atoms with van der Waals surface area (Å²) in [7, 11) is 0. The number of carbonyl (C=O) groups excluding carboxylic acids is 3. The third-order valence-electron chi connectivity index (χ3n) is 4.58. The van der Waals surface area contributed by atoms with Crippen LogP contribution in [0.4, 0.5) is 9.93 Å². The van der Waals surface area contributed by atoms with E-state index < -0.39 is 29.2 Å². The number of hydrogen-bond donors (Lipinski definition) is 1. The first kappa shape index (κ1) is 27.6. The highest BCUT2D eigenvalue weighted by Gasteiger charge is 2.59. The fraction of sp³-hybridized carbons (Fsp3) is 0.696.